The van der Waals surface area contributed by atoms with Crippen molar-refractivity contribution in [2.75, 3.05) is 11.4 Å². The maximum Gasteiger partial charge on any atom is 0.417 e. The molecular weight excluding hydrogens is 801 g/mol. The molecule has 61 heavy (non-hydrogen) atoms. The highest BCUT2D eigenvalue weighted by Crippen LogP contribution is 2.41. The van der Waals surface area contributed by atoms with Crippen LogP contribution in [0.1, 0.15) is 169 Å². The molecule has 2 aromatic carbocycles. The highest BCUT2D eigenvalue weighted by molar-refractivity contribution is 6.04. The molecule has 0 atom stereocenters. The number of anilines is 1. The van der Waals surface area contributed by atoms with Gasteiger partial charge in [0.1, 0.15) is 0 Å². The van der Waals surface area contributed by atoms with Crippen molar-refractivity contribution in [3.63, 3.8) is 0 Å². The van der Waals surface area contributed by atoms with Gasteiger partial charge in [-0.25, -0.2) is 4.79 Å². The molecule has 6 rings (SSSR count). The standard InChI is InChI=1S/C25H36F3N3O2.C21H27F3N2O2/c1-5-7-11-14-30-21-15-19(23(32)31(17(3)4)18-12-9-8-10-13-18)20(25(26,27)28)16-22(21)29(6-2)24(30)33;1-4-25-18-12-17(21(22,23)24)16(10-14(18)11-19(25)27)20(28)26(13(2)3)15-8-6-5-7-9-15/h15-18H,5-14H2,1-4H3;10,12-13,15H,4-9,11H2,1-3H3. The number of benzene rings is 2. The molecule has 2 saturated carbocycles. The van der Waals surface area contributed by atoms with Gasteiger partial charge in [0.05, 0.1) is 39.7 Å². The molecule has 2 fully saturated rings. The number of alkyl halides is 6. The maximum atomic E-state index is 14.2. The number of carbonyl (C=O) groups excluding carboxylic acids is 3. The number of nitrogens with zero attached hydrogens (tertiary/aromatic N) is 5. The topological polar surface area (TPSA) is 87.9 Å². The number of fused-ring (bicyclic) bond motifs is 2. The Kier molecular flexibility index (Phi) is 15.5. The molecule has 1 aliphatic heterocycles. The lowest BCUT2D eigenvalue weighted by molar-refractivity contribution is -0.138. The van der Waals surface area contributed by atoms with Crippen molar-refractivity contribution in [2.24, 2.45) is 0 Å². The summed E-state index contributed by atoms with van der Waals surface area (Å²) in [5.74, 6) is -1.41. The summed E-state index contributed by atoms with van der Waals surface area (Å²) >= 11 is 0. The van der Waals surface area contributed by atoms with Crippen LogP contribution in [0.15, 0.2) is 29.1 Å². The largest absolute Gasteiger partial charge is 0.417 e. The summed E-state index contributed by atoms with van der Waals surface area (Å²) in [4.78, 5) is 56.7. The van der Waals surface area contributed by atoms with Gasteiger partial charge in [0.2, 0.25) is 5.91 Å². The zero-order chi connectivity index (χ0) is 45.0. The van der Waals surface area contributed by atoms with Crippen molar-refractivity contribution < 1.29 is 40.7 Å². The Bertz CT molecular complexity index is 2090. The maximum absolute atomic E-state index is 14.2. The first-order chi connectivity index (χ1) is 28.8. The average Bonchev–Trinajstić information content (AvgIpc) is 3.67. The zero-order valence-corrected chi connectivity index (χ0v) is 36.8. The van der Waals surface area contributed by atoms with Crippen LogP contribution in [0.3, 0.4) is 0 Å². The molecule has 0 unspecified atom stereocenters. The average molecular weight is 864 g/mol. The number of likely N-dealkylation sites (N-methyl/N-ethyl adjacent to an activating group) is 1. The van der Waals surface area contributed by atoms with Crippen molar-refractivity contribution in [2.45, 2.75) is 188 Å². The molecule has 0 saturated heterocycles. The smallest absolute Gasteiger partial charge is 0.333 e. The second-order valence-corrected chi connectivity index (χ2v) is 17.3. The van der Waals surface area contributed by atoms with Crippen molar-refractivity contribution >= 4 is 34.4 Å². The van der Waals surface area contributed by atoms with Crippen LogP contribution in [0.2, 0.25) is 0 Å². The van der Waals surface area contributed by atoms with E-state index in [9.17, 15) is 45.5 Å². The number of unbranched alkanes of at least 4 members (excludes halogenated alkanes) is 2. The molecule has 3 aliphatic rings. The predicted octanol–water partition coefficient (Wildman–Crippen LogP) is 11.0. The van der Waals surface area contributed by atoms with Crippen LogP contribution in [0, 0.1) is 0 Å². The minimum absolute atomic E-state index is 0.0344. The number of hydrogen-bond acceptors (Lipinski definition) is 4. The molecule has 9 nitrogen and oxygen atoms in total. The van der Waals surface area contributed by atoms with Crippen molar-refractivity contribution in [1.82, 2.24) is 18.9 Å². The van der Waals surface area contributed by atoms with E-state index in [1.165, 1.54) is 26.2 Å². The lowest BCUT2D eigenvalue weighted by Gasteiger charge is -2.38. The Hall–Kier alpha value is -4.30. The molecule has 0 radical (unpaired) electrons. The fraction of sp³-hybridized carbons (Fsp3) is 0.652. The molecule has 3 aromatic rings. The van der Waals surface area contributed by atoms with Crippen LogP contribution in [-0.2, 0) is 36.7 Å². The van der Waals surface area contributed by atoms with Gasteiger partial charge < -0.3 is 14.7 Å². The number of aryl methyl sites for hydroxylation is 2. The first-order valence-corrected chi connectivity index (χ1v) is 22.3. The molecule has 0 spiro atoms. The summed E-state index contributed by atoms with van der Waals surface area (Å²) in [6.45, 7) is 13.9. The minimum atomic E-state index is -4.70. The van der Waals surface area contributed by atoms with Crippen LogP contribution in [0.5, 0.6) is 0 Å². The zero-order valence-electron chi connectivity index (χ0n) is 36.8. The Labute approximate surface area is 355 Å². The van der Waals surface area contributed by atoms with Gasteiger partial charge in [-0.1, -0.05) is 58.3 Å². The number of aromatic nitrogens is 2. The van der Waals surface area contributed by atoms with E-state index in [2.05, 4.69) is 6.92 Å². The highest BCUT2D eigenvalue weighted by Gasteiger charge is 2.42. The summed E-state index contributed by atoms with van der Waals surface area (Å²) in [6.07, 6.45) is 2.65. The van der Waals surface area contributed by atoms with E-state index in [1.54, 1.807) is 23.6 Å². The molecular formula is C46H63F6N5O4. The van der Waals surface area contributed by atoms with E-state index >= 15 is 0 Å². The van der Waals surface area contributed by atoms with Gasteiger partial charge >= 0.3 is 18.0 Å². The molecule has 1 aromatic heterocycles. The summed E-state index contributed by atoms with van der Waals surface area (Å²) in [5, 5.41) is 0. The summed E-state index contributed by atoms with van der Waals surface area (Å²) in [6, 6.07) is 4.09. The van der Waals surface area contributed by atoms with Crippen LogP contribution < -0.4 is 10.6 Å². The van der Waals surface area contributed by atoms with Gasteiger partial charge in [-0.3, -0.25) is 23.5 Å². The Morgan fingerprint density at radius 3 is 1.57 bits per heavy atom. The predicted molar refractivity (Wildman–Crippen MR) is 226 cm³/mol. The third-order valence-corrected chi connectivity index (χ3v) is 12.5. The van der Waals surface area contributed by atoms with Gasteiger partial charge in [0.15, 0.2) is 0 Å². The van der Waals surface area contributed by atoms with E-state index in [0.29, 0.717) is 24.2 Å². The van der Waals surface area contributed by atoms with Crippen LogP contribution in [0.4, 0.5) is 32.0 Å². The first-order valence-electron chi connectivity index (χ1n) is 22.3. The molecule has 2 heterocycles. The van der Waals surface area contributed by atoms with Crippen LogP contribution in [-0.4, -0.2) is 67.4 Å². The van der Waals surface area contributed by atoms with E-state index in [-0.39, 0.29) is 71.1 Å². The molecule has 3 amide bonds. The lowest BCUT2D eigenvalue weighted by atomic mass is 9.92. The molecule has 0 N–H and O–H groups in total. The molecule has 0 bridgehead atoms. The molecule has 2 aliphatic carbocycles. The quantitative estimate of drug-likeness (QED) is 0.134. The van der Waals surface area contributed by atoms with Crippen molar-refractivity contribution in [1.29, 1.82) is 0 Å². The highest BCUT2D eigenvalue weighted by atomic mass is 19.4. The molecule has 338 valence electrons. The molecule has 15 heteroatoms. The van der Waals surface area contributed by atoms with Gasteiger partial charge in [0, 0.05) is 49.5 Å². The summed E-state index contributed by atoms with van der Waals surface area (Å²) in [7, 11) is 0. The summed E-state index contributed by atoms with van der Waals surface area (Å²) in [5.41, 5.74) is -1.53. The van der Waals surface area contributed by atoms with Crippen molar-refractivity contribution in [3.05, 3.63) is 62.6 Å². The summed E-state index contributed by atoms with van der Waals surface area (Å²) < 4.78 is 86.9. The van der Waals surface area contributed by atoms with Crippen LogP contribution >= 0.6 is 0 Å². The lowest BCUT2D eigenvalue weighted by Crippen LogP contribution is -2.46. The first kappa shape index (κ1) is 47.7. The van der Waals surface area contributed by atoms with Crippen LogP contribution in [0.25, 0.3) is 11.0 Å². The number of hydrogen-bond donors (Lipinski definition) is 0. The number of halogens is 6. The second kappa shape index (κ2) is 19.8. The van der Waals surface area contributed by atoms with Gasteiger partial charge in [-0.15, -0.1) is 0 Å². The Balaban J connectivity index is 0.000000234. The minimum Gasteiger partial charge on any atom is -0.333 e. The number of amides is 3. The monoisotopic (exact) mass is 863 g/mol. The fourth-order valence-electron chi connectivity index (χ4n) is 9.63. The third-order valence-electron chi connectivity index (χ3n) is 12.5. The Morgan fingerprint density at radius 1 is 0.656 bits per heavy atom. The SMILES string of the molecule is CCCCCn1c(=O)n(CC)c2cc(C(F)(F)F)c(C(=O)N(C(C)C)C3CCCCC3)cc21.CCN1C(=O)Cc2cc(C(=O)N(C(C)C)C3CCCCC3)c(C(F)(F)F)cc21. The van der Waals surface area contributed by atoms with E-state index in [1.807, 2.05) is 27.7 Å². The number of imidazole rings is 1. The van der Waals surface area contributed by atoms with Crippen molar-refractivity contribution in [3.8, 4) is 0 Å². The third kappa shape index (κ3) is 10.3. The van der Waals surface area contributed by atoms with E-state index < -0.39 is 35.3 Å². The fourth-order valence-corrected chi connectivity index (χ4v) is 9.63. The van der Waals surface area contributed by atoms with Gasteiger partial charge in [-0.05, 0) is 103 Å². The normalized spacial score (nSPS) is 16.6. The number of rotatable bonds is 12. The Morgan fingerprint density at radius 2 is 1.13 bits per heavy atom. The van der Waals surface area contributed by atoms with E-state index in [4.69, 9.17) is 0 Å². The van der Waals surface area contributed by atoms with E-state index in [0.717, 1.165) is 95.6 Å². The van der Waals surface area contributed by atoms with Gasteiger partial charge in [-0.2, -0.15) is 26.3 Å². The number of carbonyl (C=O) groups is 3. The second-order valence-electron chi connectivity index (χ2n) is 17.3. The van der Waals surface area contributed by atoms with Gasteiger partial charge in [0.25, 0.3) is 11.8 Å².